The molecule has 158 valence electrons. The number of amides is 1. The number of ether oxygens (including phenoxy) is 1. The molecule has 0 bridgehead atoms. The zero-order valence-electron chi connectivity index (χ0n) is 16.4. The summed E-state index contributed by atoms with van der Waals surface area (Å²) in [7, 11) is 0. The van der Waals surface area contributed by atoms with E-state index >= 15 is 0 Å². The molecule has 0 radical (unpaired) electrons. The maximum absolute atomic E-state index is 12.7. The van der Waals surface area contributed by atoms with Gasteiger partial charge in [0, 0.05) is 37.8 Å². The molecule has 0 aliphatic carbocycles. The van der Waals surface area contributed by atoms with Crippen molar-refractivity contribution < 1.29 is 9.53 Å². The molecule has 1 atom stereocenters. The highest BCUT2D eigenvalue weighted by Crippen LogP contribution is 2.22. The van der Waals surface area contributed by atoms with Crippen LogP contribution in [0.1, 0.15) is 33.1 Å². The number of nitrogens with zero attached hydrogens (tertiary/aromatic N) is 1. The Morgan fingerprint density at radius 2 is 1.90 bits per heavy atom. The van der Waals surface area contributed by atoms with E-state index in [1.165, 1.54) is 16.7 Å². The molecule has 2 heterocycles. The van der Waals surface area contributed by atoms with Crippen LogP contribution in [0.5, 0.6) is 0 Å². The number of carbonyl (C=O) groups is 1. The van der Waals surface area contributed by atoms with Crippen LogP contribution in [-0.4, -0.2) is 50.2 Å². The lowest BCUT2D eigenvalue weighted by Crippen LogP contribution is -2.39. The molecule has 2 aromatic rings. The lowest BCUT2D eigenvalue weighted by molar-refractivity contribution is 0.0342. The van der Waals surface area contributed by atoms with Crippen LogP contribution in [-0.2, 0) is 17.7 Å². The average Bonchev–Trinajstić information content (AvgIpc) is 2.73. The minimum Gasteiger partial charge on any atom is -0.379 e. The van der Waals surface area contributed by atoms with Crippen molar-refractivity contribution in [1.82, 2.24) is 15.5 Å². The van der Waals surface area contributed by atoms with Crippen LogP contribution in [0.3, 0.4) is 0 Å². The van der Waals surface area contributed by atoms with Crippen molar-refractivity contribution in [3.63, 3.8) is 0 Å². The smallest absolute Gasteiger partial charge is 0.251 e. The maximum Gasteiger partial charge on any atom is 0.251 e. The first kappa shape index (κ1) is 23.6. The Hall–Kier alpha value is -1.63. The molecule has 2 N–H and O–H groups in total. The normalized spacial score (nSPS) is 18.7. The highest BCUT2D eigenvalue weighted by atomic mass is 35.5. The Balaban J connectivity index is 0.00000150. The number of fused-ring (bicyclic) bond motifs is 1. The maximum atomic E-state index is 12.7. The lowest BCUT2D eigenvalue weighted by Gasteiger charge is -2.27. The summed E-state index contributed by atoms with van der Waals surface area (Å²) in [5.74, 6) is -0.0105. The molecular weight excluding hydrogens is 409 g/mol. The first-order valence-corrected chi connectivity index (χ1v) is 9.78. The quantitative estimate of drug-likeness (QED) is 0.754. The number of nitrogens with one attached hydrogen (secondary N) is 2. The zero-order valence-corrected chi connectivity index (χ0v) is 18.1. The van der Waals surface area contributed by atoms with Gasteiger partial charge in [-0.2, -0.15) is 0 Å². The van der Waals surface area contributed by atoms with Gasteiger partial charge in [-0.05, 0) is 41.8 Å². The van der Waals surface area contributed by atoms with Crippen molar-refractivity contribution in [3.8, 4) is 0 Å². The van der Waals surface area contributed by atoms with Gasteiger partial charge >= 0.3 is 0 Å². The van der Waals surface area contributed by atoms with Gasteiger partial charge < -0.3 is 15.4 Å². The van der Waals surface area contributed by atoms with E-state index in [1.807, 2.05) is 18.2 Å². The van der Waals surface area contributed by atoms with Crippen LogP contribution in [0.25, 0.3) is 0 Å². The summed E-state index contributed by atoms with van der Waals surface area (Å²) < 4.78 is 5.40. The molecule has 4 rings (SSSR count). The Labute approximate surface area is 185 Å². The molecule has 2 aliphatic heterocycles. The standard InChI is InChI=1S/C22H27N3O2.2ClH/c26-22(24-15-21-20-7-2-1-5-18(20)8-9-23-21)19-6-3-4-17(14-19)16-25-10-12-27-13-11-25;;/h1-7,14,21,23H,8-13,15-16H2,(H,24,26);2*1H. The van der Waals surface area contributed by atoms with Crippen molar-refractivity contribution in [2.45, 2.75) is 19.0 Å². The van der Waals surface area contributed by atoms with Crippen LogP contribution in [0, 0.1) is 0 Å². The highest BCUT2D eigenvalue weighted by molar-refractivity contribution is 5.94. The van der Waals surface area contributed by atoms with E-state index in [0.717, 1.165) is 51.4 Å². The second-order valence-corrected chi connectivity index (χ2v) is 7.25. The summed E-state index contributed by atoms with van der Waals surface area (Å²) in [6.45, 7) is 5.89. The lowest BCUT2D eigenvalue weighted by atomic mass is 9.94. The monoisotopic (exact) mass is 437 g/mol. The molecule has 29 heavy (non-hydrogen) atoms. The van der Waals surface area contributed by atoms with Gasteiger partial charge in [0.1, 0.15) is 0 Å². The fourth-order valence-electron chi connectivity index (χ4n) is 3.90. The Morgan fingerprint density at radius 1 is 1.10 bits per heavy atom. The van der Waals surface area contributed by atoms with E-state index in [0.29, 0.717) is 6.54 Å². The van der Waals surface area contributed by atoms with E-state index in [1.54, 1.807) is 0 Å². The molecule has 1 saturated heterocycles. The minimum atomic E-state index is -0.0105. The summed E-state index contributed by atoms with van der Waals surface area (Å²) in [5, 5.41) is 6.62. The summed E-state index contributed by atoms with van der Waals surface area (Å²) in [5.41, 5.74) is 4.57. The summed E-state index contributed by atoms with van der Waals surface area (Å²) in [6.07, 6.45) is 1.05. The molecule has 0 aromatic heterocycles. The fraction of sp³-hybridized carbons (Fsp3) is 0.409. The predicted octanol–water partition coefficient (Wildman–Crippen LogP) is 2.98. The SMILES string of the molecule is Cl.Cl.O=C(NCC1NCCc2ccccc21)c1cccc(CN2CCOCC2)c1. The summed E-state index contributed by atoms with van der Waals surface area (Å²) >= 11 is 0. The molecule has 1 amide bonds. The molecule has 7 heteroatoms. The van der Waals surface area contributed by atoms with Crippen molar-refractivity contribution >= 4 is 30.7 Å². The molecular formula is C22H29Cl2N3O2. The third-order valence-electron chi connectivity index (χ3n) is 5.38. The van der Waals surface area contributed by atoms with Crippen molar-refractivity contribution in [1.29, 1.82) is 0 Å². The highest BCUT2D eigenvalue weighted by Gasteiger charge is 2.20. The number of halogens is 2. The van der Waals surface area contributed by atoms with Crippen LogP contribution in [0.15, 0.2) is 48.5 Å². The first-order chi connectivity index (χ1) is 13.3. The molecule has 1 unspecified atom stereocenters. The van der Waals surface area contributed by atoms with E-state index in [4.69, 9.17) is 4.74 Å². The Bertz CT molecular complexity index is 797. The number of hydrogen-bond donors (Lipinski definition) is 2. The van der Waals surface area contributed by atoms with Gasteiger partial charge in [0.05, 0.1) is 13.2 Å². The zero-order chi connectivity index (χ0) is 18.5. The van der Waals surface area contributed by atoms with Crippen LogP contribution in [0.4, 0.5) is 0 Å². The van der Waals surface area contributed by atoms with Gasteiger partial charge in [0.15, 0.2) is 0 Å². The van der Waals surface area contributed by atoms with Crippen LogP contribution < -0.4 is 10.6 Å². The number of morpholine rings is 1. The van der Waals surface area contributed by atoms with Gasteiger partial charge in [-0.3, -0.25) is 9.69 Å². The second-order valence-electron chi connectivity index (χ2n) is 7.25. The minimum absolute atomic E-state index is 0. The van der Waals surface area contributed by atoms with E-state index in [2.05, 4.69) is 45.9 Å². The van der Waals surface area contributed by atoms with E-state index < -0.39 is 0 Å². The number of carbonyl (C=O) groups excluding carboxylic acids is 1. The van der Waals surface area contributed by atoms with Crippen molar-refractivity contribution in [3.05, 3.63) is 70.8 Å². The molecule has 0 saturated carbocycles. The van der Waals surface area contributed by atoms with Gasteiger partial charge in [-0.1, -0.05) is 36.4 Å². The Kier molecular flexibility index (Phi) is 9.40. The van der Waals surface area contributed by atoms with E-state index in [-0.39, 0.29) is 36.8 Å². The van der Waals surface area contributed by atoms with Crippen LogP contribution in [0.2, 0.25) is 0 Å². The number of rotatable bonds is 5. The van der Waals surface area contributed by atoms with Gasteiger partial charge in [0.2, 0.25) is 0 Å². The molecule has 2 aliphatic rings. The fourth-order valence-corrected chi connectivity index (χ4v) is 3.90. The first-order valence-electron chi connectivity index (χ1n) is 9.78. The van der Waals surface area contributed by atoms with Gasteiger partial charge in [0.25, 0.3) is 5.91 Å². The largest absolute Gasteiger partial charge is 0.379 e. The van der Waals surface area contributed by atoms with Crippen molar-refractivity contribution in [2.75, 3.05) is 39.4 Å². The average molecular weight is 438 g/mol. The molecule has 0 spiro atoms. The third kappa shape index (κ3) is 6.17. The van der Waals surface area contributed by atoms with Gasteiger partial charge in [-0.25, -0.2) is 0 Å². The topological polar surface area (TPSA) is 53.6 Å². The van der Waals surface area contributed by atoms with Crippen molar-refractivity contribution in [2.24, 2.45) is 0 Å². The predicted molar refractivity (Wildman–Crippen MR) is 120 cm³/mol. The summed E-state index contributed by atoms with van der Waals surface area (Å²) in [6, 6.07) is 16.6. The van der Waals surface area contributed by atoms with E-state index in [9.17, 15) is 4.79 Å². The second kappa shape index (κ2) is 11.5. The number of benzene rings is 2. The Morgan fingerprint density at radius 3 is 2.72 bits per heavy atom. The van der Waals surface area contributed by atoms with Gasteiger partial charge in [-0.15, -0.1) is 24.8 Å². The molecule has 5 nitrogen and oxygen atoms in total. The third-order valence-corrected chi connectivity index (χ3v) is 5.38. The molecule has 2 aromatic carbocycles. The molecule has 1 fully saturated rings. The summed E-state index contributed by atoms with van der Waals surface area (Å²) in [4.78, 5) is 15.0. The number of hydrogen-bond acceptors (Lipinski definition) is 4. The van der Waals surface area contributed by atoms with Crippen LogP contribution >= 0.6 is 24.8 Å².